The lowest BCUT2D eigenvalue weighted by Gasteiger charge is -2.05. The maximum absolute atomic E-state index is 9.07. The van der Waals surface area contributed by atoms with Gasteiger partial charge in [0.15, 0.2) is 0 Å². The van der Waals surface area contributed by atoms with Crippen LogP contribution in [0, 0.1) is 5.92 Å². The molecule has 0 radical (unpaired) electrons. The molecule has 2 heteroatoms. The zero-order chi connectivity index (χ0) is 10.8. The first-order chi connectivity index (χ1) is 7.22. The average Bonchev–Trinajstić information content (AvgIpc) is 2.57. The molecule has 0 saturated heterocycles. The quantitative estimate of drug-likeness (QED) is 0.814. The number of aliphatic hydroxyl groups is 1. The number of fused-ring (bicyclic) bond motifs is 1. The van der Waals surface area contributed by atoms with Crippen molar-refractivity contribution in [2.45, 2.75) is 13.3 Å². The van der Waals surface area contributed by atoms with Crippen LogP contribution in [-0.4, -0.2) is 16.3 Å². The zero-order valence-corrected chi connectivity index (χ0v) is 9.27. The van der Waals surface area contributed by atoms with Crippen LogP contribution >= 0.6 is 0 Å². The normalized spacial score (nSPS) is 13.3. The third-order valence-corrected chi connectivity index (χ3v) is 2.86. The van der Waals surface area contributed by atoms with E-state index in [0.717, 1.165) is 6.42 Å². The van der Waals surface area contributed by atoms with E-state index >= 15 is 0 Å². The summed E-state index contributed by atoms with van der Waals surface area (Å²) >= 11 is 0. The van der Waals surface area contributed by atoms with Gasteiger partial charge in [0.25, 0.3) is 0 Å². The summed E-state index contributed by atoms with van der Waals surface area (Å²) in [7, 11) is 2.06. The van der Waals surface area contributed by atoms with Crippen LogP contribution in [0.15, 0.2) is 30.5 Å². The average molecular weight is 203 g/mol. The molecule has 1 N–H and O–H groups in total. The fraction of sp³-hybridized carbons (Fsp3) is 0.385. The molecule has 0 bridgehead atoms. The van der Waals surface area contributed by atoms with Crippen LogP contribution < -0.4 is 0 Å². The largest absolute Gasteiger partial charge is 0.396 e. The lowest BCUT2D eigenvalue weighted by Crippen LogP contribution is -2.03. The Hall–Kier alpha value is -1.28. The molecule has 0 saturated carbocycles. The summed E-state index contributed by atoms with van der Waals surface area (Å²) in [5.74, 6) is 0.329. The lowest BCUT2D eigenvalue weighted by molar-refractivity contribution is 0.237. The van der Waals surface area contributed by atoms with Crippen molar-refractivity contribution in [2.75, 3.05) is 6.61 Å². The molecule has 0 spiro atoms. The van der Waals surface area contributed by atoms with Gasteiger partial charge in [-0.3, -0.25) is 0 Å². The van der Waals surface area contributed by atoms with Gasteiger partial charge in [0.1, 0.15) is 0 Å². The Kier molecular flexibility index (Phi) is 2.78. The van der Waals surface area contributed by atoms with E-state index in [4.69, 9.17) is 5.11 Å². The topological polar surface area (TPSA) is 25.2 Å². The Bertz CT molecular complexity index is 459. The molecule has 2 nitrogen and oxygen atoms in total. The molecular weight excluding hydrogens is 186 g/mol. The standard InChI is InChI=1S/C13H17NO/c1-10(9-15)7-11-8-14(2)13-6-4-3-5-12(11)13/h3-6,8,10,15H,7,9H2,1-2H3. The SMILES string of the molecule is CC(CO)Cc1cn(C)c2ccccc12. The summed E-state index contributed by atoms with van der Waals surface area (Å²) in [6.07, 6.45) is 3.11. The molecule has 1 unspecified atom stereocenters. The van der Waals surface area contributed by atoms with Crippen LogP contribution in [0.4, 0.5) is 0 Å². The zero-order valence-electron chi connectivity index (χ0n) is 9.27. The third-order valence-electron chi connectivity index (χ3n) is 2.86. The molecule has 0 aliphatic heterocycles. The van der Waals surface area contributed by atoms with Crippen molar-refractivity contribution in [1.82, 2.24) is 4.57 Å². The minimum Gasteiger partial charge on any atom is -0.396 e. The lowest BCUT2D eigenvalue weighted by atomic mass is 10.0. The predicted molar refractivity (Wildman–Crippen MR) is 62.9 cm³/mol. The molecule has 15 heavy (non-hydrogen) atoms. The number of aliphatic hydroxyl groups excluding tert-OH is 1. The van der Waals surface area contributed by atoms with Crippen molar-refractivity contribution < 1.29 is 5.11 Å². The van der Waals surface area contributed by atoms with Crippen LogP contribution in [0.25, 0.3) is 10.9 Å². The summed E-state index contributed by atoms with van der Waals surface area (Å²) in [4.78, 5) is 0. The van der Waals surface area contributed by atoms with E-state index < -0.39 is 0 Å². The third kappa shape index (κ3) is 1.90. The van der Waals surface area contributed by atoms with Crippen LogP contribution in [0.3, 0.4) is 0 Å². The monoisotopic (exact) mass is 203 g/mol. The molecule has 1 atom stereocenters. The summed E-state index contributed by atoms with van der Waals surface area (Å²) in [6, 6.07) is 8.40. The maximum Gasteiger partial charge on any atom is 0.0480 e. The summed E-state index contributed by atoms with van der Waals surface area (Å²) in [5, 5.41) is 10.4. The number of hydrogen-bond donors (Lipinski definition) is 1. The molecule has 0 fully saturated rings. The van der Waals surface area contributed by atoms with E-state index in [1.165, 1.54) is 16.5 Å². The van der Waals surface area contributed by atoms with Crippen LogP contribution in [0.1, 0.15) is 12.5 Å². The minimum atomic E-state index is 0.253. The van der Waals surface area contributed by atoms with E-state index in [1.54, 1.807) is 0 Å². The molecule has 1 heterocycles. The van der Waals surface area contributed by atoms with Gasteiger partial charge < -0.3 is 9.67 Å². The first kappa shape index (κ1) is 10.2. The van der Waals surface area contributed by atoms with Crippen molar-refractivity contribution in [3.8, 4) is 0 Å². The Balaban J connectivity index is 2.43. The Labute approximate surface area is 90.2 Å². The summed E-state index contributed by atoms with van der Waals surface area (Å²) in [5.41, 5.74) is 2.59. The first-order valence-electron chi connectivity index (χ1n) is 5.36. The number of benzene rings is 1. The molecule has 1 aromatic carbocycles. The van der Waals surface area contributed by atoms with E-state index in [-0.39, 0.29) is 6.61 Å². The van der Waals surface area contributed by atoms with Gasteiger partial charge in [-0.15, -0.1) is 0 Å². The maximum atomic E-state index is 9.07. The second-order valence-electron chi connectivity index (χ2n) is 4.27. The minimum absolute atomic E-state index is 0.253. The molecular formula is C13H17NO. The fourth-order valence-electron chi connectivity index (χ4n) is 2.03. The van der Waals surface area contributed by atoms with Crippen LogP contribution in [0.5, 0.6) is 0 Å². The van der Waals surface area contributed by atoms with E-state index in [0.29, 0.717) is 5.92 Å². The van der Waals surface area contributed by atoms with Gasteiger partial charge in [-0.25, -0.2) is 0 Å². The van der Waals surface area contributed by atoms with Crippen molar-refractivity contribution in [2.24, 2.45) is 13.0 Å². The number of rotatable bonds is 3. The molecule has 80 valence electrons. The number of para-hydroxylation sites is 1. The molecule has 2 rings (SSSR count). The molecule has 2 aromatic rings. The highest BCUT2D eigenvalue weighted by Gasteiger charge is 2.08. The summed E-state index contributed by atoms with van der Waals surface area (Å²) < 4.78 is 2.15. The molecule has 0 aliphatic carbocycles. The van der Waals surface area contributed by atoms with Crippen molar-refractivity contribution in [3.05, 3.63) is 36.0 Å². The van der Waals surface area contributed by atoms with Crippen molar-refractivity contribution in [3.63, 3.8) is 0 Å². The number of aromatic nitrogens is 1. The second kappa shape index (κ2) is 4.07. The second-order valence-corrected chi connectivity index (χ2v) is 4.27. The van der Waals surface area contributed by atoms with Crippen molar-refractivity contribution >= 4 is 10.9 Å². The molecule has 1 aromatic heterocycles. The smallest absolute Gasteiger partial charge is 0.0480 e. The highest BCUT2D eigenvalue weighted by Crippen LogP contribution is 2.22. The predicted octanol–water partition coefficient (Wildman–Crippen LogP) is 2.35. The van der Waals surface area contributed by atoms with Crippen LogP contribution in [0.2, 0.25) is 0 Å². The van der Waals surface area contributed by atoms with Gasteiger partial charge in [0.2, 0.25) is 0 Å². The molecule has 0 aliphatic rings. The highest BCUT2D eigenvalue weighted by atomic mass is 16.3. The number of nitrogens with zero attached hydrogens (tertiary/aromatic N) is 1. The van der Waals surface area contributed by atoms with Gasteiger partial charge in [-0.05, 0) is 24.0 Å². The van der Waals surface area contributed by atoms with Gasteiger partial charge in [0.05, 0.1) is 0 Å². The van der Waals surface area contributed by atoms with Crippen molar-refractivity contribution in [1.29, 1.82) is 0 Å². The molecule has 0 amide bonds. The van der Waals surface area contributed by atoms with Gasteiger partial charge in [-0.2, -0.15) is 0 Å². The Morgan fingerprint density at radius 2 is 2.07 bits per heavy atom. The van der Waals surface area contributed by atoms with Gasteiger partial charge in [-0.1, -0.05) is 25.1 Å². The van der Waals surface area contributed by atoms with E-state index in [9.17, 15) is 0 Å². The summed E-state index contributed by atoms with van der Waals surface area (Å²) in [6.45, 7) is 2.32. The van der Waals surface area contributed by atoms with Gasteiger partial charge >= 0.3 is 0 Å². The number of hydrogen-bond acceptors (Lipinski definition) is 1. The Morgan fingerprint density at radius 3 is 2.80 bits per heavy atom. The first-order valence-corrected chi connectivity index (χ1v) is 5.36. The van der Waals surface area contributed by atoms with E-state index in [1.807, 2.05) is 0 Å². The van der Waals surface area contributed by atoms with Crippen LogP contribution in [-0.2, 0) is 13.5 Å². The fourth-order valence-corrected chi connectivity index (χ4v) is 2.03. The highest BCUT2D eigenvalue weighted by molar-refractivity contribution is 5.83. The number of aryl methyl sites for hydroxylation is 1. The van der Waals surface area contributed by atoms with Gasteiger partial charge in [0, 0.05) is 30.8 Å². The van der Waals surface area contributed by atoms with E-state index in [2.05, 4.69) is 49.0 Å². The Morgan fingerprint density at radius 1 is 1.33 bits per heavy atom.